The number of piperidine rings is 1. The second kappa shape index (κ2) is 7.20. The van der Waals surface area contributed by atoms with E-state index in [2.05, 4.69) is 5.32 Å². The Labute approximate surface area is 162 Å². The number of ether oxygens (including phenoxy) is 1. The van der Waals surface area contributed by atoms with E-state index in [1.165, 1.54) is 0 Å². The fraction of sp³-hybridized carbons (Fsp3) is 0.500. The molecule has 0 aromatic heterocycles. The monoisotopic (exact) mass is 385 g/mol. The van der Waals surface area contributed by atoms with Crippen molar-refractivity contribution in [3.63, 3.8) is 0 Å². The molecule has 2 aliphatic carbocycles. The van der Waals surface area contributed by atoms with E-state index < -0.39 is 17.0 Å². The van der Waals surface area contributed by atoms with Crippen molar-refractivity contribution in [3.8, 4) is 0 Å². The van der Waals surface area contributed by atoms with Gasteiger partial charge in [0.05, 0.1) is 35.9 Å². The van der Waals surface area contributed by atoms with Gasteiger partial charge in [-0.25, -0.2) is 0 Å². The Morgan fingerprint density at radius 1 is 1.36 bits per heavy atom. The van der Waals surface area contributed by atoms with E-state index in [1.807, 2.05) is 29.2 Å². The molecule has 0 radical (unpaired) electrons. The molecule has 2 aliphatic heterocycles. The average Bonchev–Trinajstić information content (AvgIpc) is 2.72. The van der Waals surface area contributed by atoms with Gasteiger partial charge in [0.25, 0.3) is 5.70 Å². The second-order valence-electron chi connectivity index (χ2n) is 7.43. The molecular weight excluding hydrogens is 362 g/mol. The van der Waals surface area contributed by atoms with Crippen LogP contribution < -0.4 is 5.32 Å². The lowest BCUT2D eigenvalue weighted by Crippen LogP contribution is -2.78. The van der Waals surface area contributed by atoms with Crippen molar-refractivity contribution in [2.75, 3.05) is 32.8 Å². The van der Waals surface area contributed by atoms with Crippen LogP contribution in [0, 0.1) is 21.4 Å². The van der Waals surface area contributed by atoms with Crippen LogP contribution in [0.1, 0.15) is 12.8 Å². The molecule has 148 valence electrons. The van der Waals surface area contributed by atoms with Gasteiger partial charge in [0.2, 0.25) is 0 Å². The molecule has 1 N–H and O–H groups in total. The zero-order chi connectivity index (χ0) is 19.8. The van der Waals surface area contributed by atoms with Gasteiger partial charge >= 0.3 is 0 Å². The average molecular weight is 385 g/mol. The van der Waals surface area contributed by atoms with Crippen molar-refractivity contribution in [1.82, 2.24) is 10.2 Å². The standard InChI is InChI=1S/C20H23N3O5/c24-12-7-18(25)20(22-10-13-28-14-11-22)19-8-2-1-3-15(19)4-5-17(23(26)27)16(19)6-9-21-20/h1-5,8,12,16,21H,6-7,9-11,13-14H2. The number of hydrogen-bond donors (Lipinski definition) is 1. The Morgan fingerprint density at radius 3 is 2.86 bits per heavy atom. The molecule has 1 spiro atoms. The molecule has 3 atom stereocenters. The molecular formula is C20H23N3O5. The molecule has 0 bridgehead atoms. The van der Waals surface area contributed by atoms with Gasteiger partial charge in [-0.1, -0.05) is 30.4 Å². The lowest BCUT2D eigenvalue weighted by Gasteiger charge is -2.61. The topological polar surface area (TPSA) is 102 Å². The number of nitrogens with zero attached hydrogens (tertiary/aromatic N) is 2. The molecule has 0 aromatic carbocycles. The maximum absolute atomic E-state index is 13.5. The summed E-state index contributed by atoms with van der Waals surface area (Å²) >= 11 is 0. The summed E-state index contributed by atoms with van der Waals surface area (Å²) in [5.74, 6) is -0.729. The maximum Gasteiger partial charge on any atom is 0.250 e. The second-order valence-corrected chi connectivity index (χ2v) is 7.43. The first-order valence-corrected chi connectivity index (χ1v) is 9.55. The molecule has 3 unspecified atom stereocenters. The van der Waals surface area contributed by atoms with Crippen LogP contribution in [-0.4, -0.2) is 60.4 Å². The summed E-state index contributed by atoms with van der Waals surface area (Å²) in [6.45, 7) is 2.40. The van der Waals surface area contributed by atoms with Gasteiger partial charge in [-0.2, -0.15) is 0 Å². The minimum absolute atomic E-state index is 0.113. The van der Waals surface area contributed by atoms with E-state index in [4.69, 9.17) is 4.74 Å². The van der Waals surface area contributed by atoms with Crippen molar-refractivity contribution in [1.29, 1.82) is 0 Å². The number of nitro groups is 1. The summed E-state index contributed by atoms with van der Waals surface area (Å²) in [6, 6.07) is 0. The number of carbonyl (C=O) groups is 2. The Kier molecular flexibility index (Phi) is 4.86. The van der Waals surface area contributed by atoms with Gasteiger partial charge in [-0.05, 0) is 18.5 Å². The predicted molar refractivity (Wildman–Crippen MR) is 101 cm³/mol. The van der Waals surface area contributed by atoms with Crippen molar-refractivity contribution in [3.05, 3.63) is 57.8 Å². The van der Waals surface area contributed by atoms with Crippen LogP contribution in [0.4, 0.5) is 0 Å². The maximum atomic E-state index is 13.5. The van der Waals surface area contributed by atoms with Crippen molar-refractivity contribution in [2.24, 2.45) is 11.3 Å². The van der Waals surface area contributed by atoms with E-state index in [-0.39, 0.29) is 22.8 Å². The molecule has 28 heavy (non-hydrogen) atoms. The fourth-order valence-corrected chi connectivity index (χ4v) is 5.33. The first-order valence-electron chi connectivity index (χ1n) is 9.55. The van der Waals surface area contributed by atoms with E-state index in [9.17, 15) is 19.7 Å². The van der Waals surface area contributed by atoms with Gasteiger partial charge in [-0.3, -0.25) is 25.1 Å². The number of Topliss-reactive ketones (excluding diaryl/α,β-unsaturated/α-hetero) is 1. The molecule has 2 saturated heterocycles. The quantitative estimate of drug-likeness (QED) is 0.326. The summed E-state index contributed by atoms with van der Waals surface area (Å²) in [5, 5.41) is 15.3. The third-order valence-electron chi connectivity index (χ3n) is 6.35. The van der Waals surface area contributed by atoms with Gasteiger partial charge in [0.15, 0.2) is 5.78 Å². The zero-order valence-electron chi connectivity index (χ0n) is 15.5. The highest BCUT2D eigenvalue weighted by molar-refractivity contribution is 5.98. The minimum Gasteiger partial charge on any atom is -0.379 e. The van der Waals surface area contributed by atoms with Crippen LogP contribution in [0.15, 0.2) is 47.7 Å². The van der Waals surface area contributed by atoms with Crippen LogP contribution in [0.25, 0.3) is 0 Å². The third-order valence-corrected chi connectivity index (χ3v) is 6.35. The number of nitrogens with one attached hydrogen (secondary N) is 1. The normalized spacial score (nSPS) is 34.6. The Morgan fingerprint density at radius 2 is 2.14 bits per heavy atom. The highest BCUT2D eigenvalue weighted by Gasteiger charge is 2.67. The van der Waals surface area contributed by atoms with Gasteiger partial charge in [0.1, 0.15) is 11.9 Å². The molecule has 4 aliphatic rings. The minimum atomic E-state index is -1.23. The van der Waals surface area contributed by atoms with Crippen molar-refractivity contribution in [2.45, 2.75) is 18.5 Å². The largest absolute Gasteiger partial charge is 0.379 e. The predicted octanol–water partition coefficient (Wildman–Crippen LogP) is 0.996. The number of morpholine rings is 1. The van der Waals surface area contributed by atoms with E-state index in [1.54, 1.807) is 12.2 Å². The lowest BCUT2D eigenvalue weighted by atomic mass is 9.53. The zero-order valence-corrected chi connectivity index (χ0v) is 15.5. The SMILES string of the molecule is O=CCC(=O)C1(N2CCOCC2)NCCC2C([N+](=O)[O-])=CC=C3C=CC=CC321. The van der Waals surface area contributed by atoms with Crippen molar-refractivity contribution < 1.29 is 19.2 Å². The molecule has 4 rings (SSSR count). The Balaban J connectivity index is 1.96. The third kappa shape index (κ3) is 2.48. The fourth-order valence-electron chi connectivity index (χ4n) is 5.33. The molecule has 2 fully saturated rings. The molecule has 0 aromatic rings. The Hall–Kier alpha value is -2.42. The Bertz CT molecular complexity index is 824. The first kappa shape index (κ1) is 18.9. The van der Waals surface area contributed by atoms with Crippen LogP contribution >= 0.6 is 0 Å². The number of aldehydes is 1. The summed E-state index contributed by atoms with van der Waals surface area (Å²) in [4.78, 5) is 38.4. The number of rotatable bonds is 5. The molecule has 0 amide bonds. The van der Waals surface area contributed by atoms with Gasteiger partial charge in [0, 0.05) is 19.2 Å². The highest BCUT2D eigenvalue weighted by Crippen LogP contribution is 2.58. The summed E-state index contributed by atoms with van der Waals surface area (Å²) < 4.78 is 5.49. The van der Waals surface area contributed by atoms with Gasteiger partial charge < -0.3 is 9.53 Å². The number of allylic oxidation sites excluding steroid dienone is 6. The molecule has 2 heterocycles. The number of hydrogen-bond acceptors (Lipinski definition) is 7. The molecule has 8 heteroatoms. The van der Waals surface area contributed by atoms with Crippen LogP contribution in [0.3, 0.4) is 0 Å². The number of carbonyl (C=O) groups excluding carboxylic acids is 2. The van der Waals surface area contributed by atoms with E-state index in [0.29, 0.717) is 45.6 Å². The molecule has 8 nitrogen and oxygen atoms in total. The van der Waals surface area contributed by atoms with Crippen molar-refractivity contribution >= 4 is 12.1 Å². The van der Waals surface area contributed by atoms with E-state index in [0.717, 1.165) is 5.57 Å². The van der Waals surface area contributed by atoms with E-state index >= 15 is 0 Å². The van der Waals surface area contributed by atoms with Gasteiger partial charge in [-0.15, -0.1) is 0 Å². The smallest absolute Gasteiger partial charge is 0.250 e. The molecule has 0 saturated carbocycles. The highest BCUT2D eigenvalue weighted by atomic mass is 16.6. The summed E-state index contributed by atoms with van der Waals surface area (Å²) in [6.07, 6.45) is 11.8. The lowest BCUT2D eigenvalue weighted by molar-refractivity contribution is -0.438. The van der Waals surface area contributed by atoms with Crippen LogP contribution in [0.5, 0.6) is 0 Å². The summed E-state index contributed by atoms with van der Waals surface area (Å²) in [5.41, 5.74) is -1.22. The van der Waals surface area contributed by atoms with Crippen LogP contribution in [-0.2, 0) is 14.3 Å². The first-order chi connectivity index (χ1) is 13.6. The van der Waals surface area contributed by atoms with Crippen LogP contribution in [0.2, 0.25) is 0 Å². The number of ketones is 1. The summed E-state index contributed by atoms with van der Waals surface area (Å²) in [7, 11) is 0.